The molecule has 2 aromatic rings. The Balaban J connectivity index is 2.33. The van der Waals surface area contributed by atoms with Gasteiger partial charge >= 0.3 is 6.18 Å². The summed E-state index contributed by atoms with van der Waals surface area (Å²) in [5, 5.41) is 2.81. The van der Waals surface area contributed by atoms with E-state index in [4.69, 9.17) is 5.84 Å². The van der Waals surface area contributed by atoms with Crippen LogP contribution in [0.5, 0.6) is 0 Å². The van der Waals surface area contributed by atoms with Gasteiger partial charge in [-0.25, -0.2) is 10.8 Å². The van der Waals surface area contributed by atoms with Crippen LogP contribution in [0.3, 0.4) is 0 Å². The summed E-state index contributed by atoms with van der Waals surface area (Å²) in [6, 6.07) is 8.98. The summed E-state index contributed by atoms with van der Waals surface area (Å²) in [7, 11) is 0. The number of anilines is 3. The Labute approximate surface area is 113 Å². The number of halogens is 3. The molecule has 0 aliphatic heterocycles. The summed E-state index contributed by atoms with van der Waals surface area (Å²) in [4.78, 5) is 3.94. The normalized spacial score (nSPS) is 11.2. The van der Waals surface area contributed by atoms with Crippen molar-refractivity contribution in [2.45, 2.75) is 13.1 Å². The Hall–Kier alpha value is -2.28. The third-order valence-corrected chi connectivity index (χ3v) is 2.62. The van der Waals surface area contributed by atoms with Crippen molar-refractivity contribution in [1.29, 1.82) is 0 Å². The Kier molecular flexibility index (Phi) is 3.80. The second-order valence-corrected chi connectivity index (χ2v) is 4.26. The molecule has 0 amide bonds. The van der Waals surface area contributed by atoms with Gasteiger partial charge in [-0.3, -0.25) is 0 Å². The molecule has 20 heavy (non-hydrogen) atoms. The van der Waals surface area contributed by atoms with Gasteiger partial charge in [0.25, 0.3) is 0 Å². The Morgan fingerprint density at radius 1 is 1.05 bits per heavy atom. The third-order valence-electron chi connectivity index (χ3n) is 2.62. The first-order valence-electron chi connectivity index (χ1n) is 5.78. The van der Waals surface area contributed by atoms with Gasteiger partial charge in [-0.1, -0.05) is 17.7 Å². The minimum atomic E-state index is -4.46. The Morgan fingerprint density at radius 2 is 1.65 bits per heavy atom. The summed E-state index contributed by atoms with van der Waals surface area (Å²) in [6.45, 7) is 1.92. The van der Waals surface area contributed by atoms with E-state index in [1.165, 1.54) is 0 Å². The van der Waals surface area contributed by atoms with E-state index in [-0.39, 0.29) is 11.6 Å². The highest BCUT2D eigenvalue weighted by molar-refractivity contribution is 5.59. The van der Waals surface area contributed by atoms with E-state index < -0.39 is 11.7 Å². The molecular formula is C13H13F3N4. The largest absolute Gasteiger partial charge is 0.416 e. The molecule has 0 bridgehead atoms. The van der Waals surface area contributed by atoms with E-state index in [0.29, 0.717) is 5.69 Å². The zero-order valence-electron chi connectivity index (χ0n) is 10.6. The average molecular weight is 282 g/mol. The molecule has 0 saturated carbocycles. The number of hydrazine groups is 1. The molecule has 0 radical (unpaired) electrons. The standard InChI is InChI=1S/C13H13F3N4/c1-8-2-4-10(5-3-8)18-11-6-9(13(14,15)16)7-12(19-11)20-17/h2-7H,17H2,1H3,(H2,18,19,20). The van der Waals surface area contributed by atoms with E-state index in [1.807, 2.05) is 19.1 Å². The van der Waals surface area contributed by atoms with Crippen LogP contribution < -0.4 is 16.6 Å². The number of alkyl halides is 3. The van der Waals surface area contributed by atoms with Gasteiger partial charge in [0.05, 0.1) is 5.56 Å². The van der Waals surface area contributed by atoms with Gasteiger partial charge in [-0.15, -0.1) is 0 Å². The van der Waals surface area contributed by atoms with E-state index in [0.717, 1.165) is 17.7 Å². The van der Waals surface area contributed by atoms with Crippen LogP contribution in [0.1, 0.15) is 11.1 Å². The lowest BCUT2D eigenvalue weighted by Crippen LogP contribution is -2.13. The van der Waals surface area contributed by atoms with Crippen molar-refractivity contribution in [3.63, 3.8) is 0 Å². The molecule has 2 rings (SSSR count). The lowest BCUT2D eigenvalue weighted by molar-refractivity contribution is -0.137. The Bertz CT molecular complexity index is 594. The first-order valence-corrected chi connectivity index (χ1v) is 5.78. The number of benzene rings is 1. The highest BCUT2D eigenvalue weighted by atomic mass is 19.4. The SMILES string of the molecule is Cc1ccc(Nc2cc(C(F)(F)F)cc(NN)n2)cc1. The smallest absolute Gasteiger partial charge is 0.340 e. The predicted octanol–water partition coefficient (Wildman–Crippen LogP) is 3.44. The molecule has 4 N–H and O–H groups in total. The van der Waals surface area contributed by atoms with E-state index in [1.54, 1.807) is 12.1 Å². The molecule has 106 valence electrons. The number of hydrogen-bond acceptors (Lipinski definition) is 4. The van der Waals surface area contributed by atoms with Crippen molar-refractivity contribution in [2.75, 3.05) is 10.7 Å². The number of nitrogens with zero attached hydrogens (tertiary/aromatic N) is 1. The molecule has 0 aliphatic rings. The summed E-state index contributed by atoms with van der Waals surface area (Å²) in [5.74, 6) is 5.14. The summed E-state index contributed by atoms with van der Waals surface area (Å²) < 4.78 is 38.3. The van der Waals surface area contributed by atoms with Crippen molar-refractivity contribution >= 4 is 17.3 Å². The maximum atomic E-state index is 12.8. The van der Waals surface area contributed by atoms with Gasteiger partial charge in [0.2, 0.25) is 0 Å². The monoisotopic (exact) mass is 282 g/mol. The number of nitrogens with two attached hydrogens (primary N) is 1. The summed E-state index contributed by atoms with van der Waals surface area (Å²) in [5.41, 5.74) is 3.00. The molecule has 0 spiro atoms. The lowest BCUT2D eigenvalue weighted by Gasteiger charge is -2.12. The molecule has 0 atom stereocenters. The van der Waals surface area contributed by atoms with Crippen molar-refractivity contribution in [2.24, 2.45) is 5.84 Å². The number of rotatable bonds is 3. The molecular weight excluding hydrogens is 269 g/mol. The first-order chi connectivity index (χ1) is 9.38. The number of nitrogens with one attached hydrogen (secondary N) is 2. The van der Waals surface area contributed by atoms with Gasteiger partial charge in [0, 0.05) is 5.69 Å². The number of hydrogen-bond donors (Lipinski definition) is 3. The van der Waals surface area contributed by atoms with Crippen LogP contribution in [-0.4, -0.2) is 4.98 Å². The van der Waals surface area contributed by atoms with Crippen LogP contribution >= 0.6 is 0 Å². The zero-order chi connectivity index (χ0) is 14.8. The van der Waals surface area contributed by atoms with Crippen LogP contribution in [0.4, 0.5) is 30.5 Å². The quantitative estimate of drug-likeness (QED) is 0.596. The van der Waals surface area contributed by atoms with Crippen LogP contribution in [0.15, 0.2) is 36.4 Å². The fraction of sp³-hybridized carbons (Fsp3) is 0.154. The van der Waals surface area contributed by atoms with Crippen molar-refractivity contribution in [1.82, 2.24) is 4.98 Å². The minimum Gasteiger partial charge on any atom is -0.340 e. The van der Waals surface area contributed by atoms with Crippen LogP contribution in [0, 0.1) is 6.92 Å². The molecule has 0 fully saturated rings. The van der Waals surface area contributed by atoms with Crippen molar-refractivity contribution < 1.29 is 13.2 Å². The molecule has 1 aromatic heterocycles. The number of aryl methyl sites for hydroxylation is 1. The lowest BCUT2D eigenvalue weighted by atomic mass is 10.2. The van der Waals surface area contributed by atoms with Gasteiger partial charge < -0.3 is 10.7 Å². The predicted molar refractivity (Wildman–Crippen MR) is 71.5 cm³/mol. The number of nitrogen functional groups attached to an aromatic ring is 1. The maximum absolute atomic E-state index is 12.8. The zero-order valence-corrected chi connectivity index (χ0v) is 10.6. The fourth-order valence-electron chi connectivity index (χ4n) is 1.62. The Morgan fingerprint density at radius 3 is 2.20 bits per heavy atom. The maximum Gasteiger partial charge on any atom is 0.416 e. The molecule has 0 saturated heterocycles. The van der Waals surface area contributed by atoms with Gasteiger partial charge in [-0.2, -0.15) is 13.2 Å². The number of aromatic nitrogens is 1. The van der Waals surface area contributed by atoms with Gasteiger partial charge in [-0.05, 0) is 31.2 Å². The van der Waals surface area contributed by atoms with Gasteiger partial charge in [0.15, 0.2) is 0 Å². The molecule has 7 heteroatoms. The number of pyridine rings is 1. The van der Waals surface area contributed by atoms with Crippen LogP contribution in [0.25, 0.3) is 0 Å². The van der Waals surface area contributed by atoms with E-state index >= 15 is 0 Å². The molecule has 1 heterocycles. The van der Waals surface area contributed by atoms with Crippen LogP contribution in [-0.2, 0) is 6.18 Å². The molecule has 0 unspecified atom stereocenters. The van der Waals surface area contributed by atoms with E-state index in [9.17, 15) is 13.2 Å². The van der Waals surface area contributed by atoms with E-state index in [2.05, 4.69) is 15.7 Å². The first kappa shape index (κ1) is 14.1. The van der Waals surface area contributed by atoms with Crippen LogP contribution in [0.2, 0.25) is 0 Å². The summed E-state index contributed by atoms with van der Waals surface area (Å²) >= 11 is 0. The minimum absolute atomic E-state index is 0.0607. The second kappa shape index (κ2) is 5.38. The molecule has 4 nitrogen and oxygen atoms in total. The topological polar surface area (TPSA) is 63.0 Å². The molecule has 1 aromatic carbocycles. The third kappa shape index (κ3) is 3.39. The van der Waals surface area contributed by atoms with Gasteiger partial charge in [0.1, 0.15) is 11.6 Å². The second-order valence-electron chi connectivity index (χ2n) is 4.26. The fourth-order valence-corrected chi connectivity index (χ4v) is 1.62. The van der Waals surface area contributed by atoms with Crippen molar-refractivity contribution in [3.05, 3.63) is 47.5 Å². The van der Waals surface area contributed by atoms with Crippen molar-refractivity contribution in [3.8, 4) is 0 Å². The molecule has 0 aliphatic carbocycles. The highest BCUT2D eigenvalue weighted by Crippen LogP contribution is 2.32. The highest BCUT2D eigenvalue weighted by Gasteiger charge is 2.31. The average Bonchev–Trinajstić information content (AvgIpc) is 2.40. The summed E-state index contributed by atoms with van der Waals surface area (Å²) in [6.07, 6.45) is -4.46.